The lowest BCUT2D eigenvalue weighted by Crippen LogP contribution is -2.26. The summed E-state index contributed by atoms with van der Waals surface area (Å²) < 4.78 is 5.01. The normalized spacial score (nSPS) is 10.3. The van der Waals surface area contributed by atoms with E-state index in [9.17, 15) is 0 Å². The molecule has 0 spiro atoms. The number of hydrogen-bond donors (Lipinski definition) is 1. The van der Waals surface area contributed by atoms with Crippen molar-refractivity contribution in [1.29, 1.82) is 0 Å². The molecule has 1 aromatic heterocycles. The molecular weight excluding hydrogens is 186 g/mol. The lowest BCUT2D eigenvalue weighted by atomic mass is 10.5. The molecule has 0 fully saturated rings. The molecule has 4 nitrogen and oxygen atoms in total. The first-order chi connectivity index (χ1) is 6.27. The van der Waals surface area contributed by atoms with Gasteiger partial charge in [0.2, 0.25) is 0 Å². The molecule has 0 bridgehead atoms. The summed E-state index contributed by atoms with van der Waals surface area (Å²) in [4.78, 5) is 6.34. The first-order valence-electron chi connectivity index (χ1n) is 4.22. The summed E-state index contributed by atoms with van der Waals surface area (Å²) >= 11 is 1.57. The Balaban J connectivity index is 2.56. The molecule has 0 unspecified atom stereocenters. The van der Waals surface area contributed by atoms with Gasteiger partial charge in [0.1, 0.15) is 5.82 Å². The van der Waals surface area contributed by atoms with E-state index in [0.717, 1.165) is 18.2 Å². The minimum absolute atomic E-state index is 0.593. The number of thiazole rings is 1. The number of hydrogen-bond acceptors (Lipinski definition) is 5. The van der Waals surface area contributed by atoms with Crippen LogP contribution in [-0.4, -0.2) is 31.8 Å². The Hall–Kier alpha value is -0.810. The minimum atomic E-state index is 0.593. The van der Waals surface area contributed by atoms with Crippen LogP contribution in [0.5, 0.6) is 0 Å². The molecule has 1 rings (SSSR count). The SMILES string of the molecule is CCN(CCOC)c1nc(N)cs1. The van der Waals surface area contributed by atoms with Crippen molar-refractivity contribution in [2.24, 2.45) is 0 Å². The van der Waals surface area contributed by atoms with Crippen LogP contribution in [0.25, 0.3) is 0 Å². The van der Waals surface area contributed by atoms with Crippen molar-refractivity contribution < 1.29 is 4.74 Å². The third-order valence-electron chi connectivity index (χ3n) is 1.73. The van der Waals surface area contributed by atoms with Crippen molar-refractivity contribution in [1.82, 2.24) is 4.98 Å². The van der Waals surface area contributed by atoms with Crippen LogP contribution in [0.1, 0.15) is 6.92 Å². The fourth-order valence-corrected chi connectivity index (χ4v) is 1.82. The number of anilines is 2. The average Bonchev–Trinajstić information content (AvgIpc) is 2.54. The molecule has 0 radical (unpaired) electrons. The Bertz CT molecular complexity index is 251. The summed E-state index contributed by atoms with van der Waals surface area (Å²) in [5.74, 6) is 0.593. The van der Waals surface area contributed by atoms with Crippen LogP contribution in [0.15, 0.2) is 5.38 Å². The number of nitrogen functional groups attached to an aromatic ring is 1. The quantitative estimate of drug-likeness (QED) is 0.777. The van der Waals surface area contributed by atoms with Gasteiger partial charge in [0.05, 0.1) is 6.61 Å². The molecule has 0 saturated heterocycles. The largest absolute Gasteiger partial charge is 0.383 e. The Morgan fingerprint density at radius 1 is 1.69 bits per heavy atom. The van der Waals surface area contributed by atoms with Gasteiger partial charge in [-0.3, -0.25) is 0 Å². The molecule has 74 valence electrons. The van der Waals surface area contributed by atoms with E-state index in [1.807, 2.05) is 5.38 Å². The maximum atomic E-state index is 5.54. The summed E-state index contributed by atoms with van der Waals surface area (Å²) in [5.41, 5.74) is 5.54. The number of nitrogens with zero attached hydrogens (tertiary/aromatic N) is 2. The number of rotatable bonds is 5. The van der Waals surface area contributed by atoms with Gasteiger partial charge in [-0.2, -0.15) is 0 Å². The summed E-state index contributed by atoms with van der Waals surface area (Å²) in [6.45, 7) is 4.59. The number of nitrogens with two attached hydrogens (primary N) is 1. The maximum Gasteiger partial charge on any atom is 0.187 e. The molecule has 0 aromatic carbocycles. The molecule has 2 N–H and O–H groups in total. The Labute approximate surface area is 82.3 Å². The Morgan fingerprint density at radius 2 is 2.46 bits per heavy atom. The van der Waals surface area contributed by atoms with Crippen LogP contribution in [0.2, 0.25) is 0 Å². The number of aromatic nitrogens is 1. The van der Waals surface area contributed by atoms with E-state index < -0.39 is 0 Å². The lowest BCUT2D eigenvalue weighted by molar-refractivity contribution is 0.205. The molecule has 0 amide bonds. The van der Waals surface area contributed by atoms with E-state index in [0.29, 0.717) is 12.4 Å². The van der Waals surface area contributed by atoms with Crippen molar-refractivity contribution in [3.8, 4) is 0 Å². The van der Waals surface area contributed by atoms with Gasteiger partial charge < -0.3 is 15.4 Å². The van der Waals surface area contributed by atoms with Gasteiger partial charge >= 0.3 is 0 Å². The highest BCUT2D eigenvalue weighted by molar-refractivity contribution is 7.14. The zero-order valence-electron chi connectivity index (χ0n) is 7.99. The molecule has 0 atom stereocenters. The van der Waals surface area contributed by atoms with Crippen LogP contribution < -0.4 is 10.6 Å². The van der Waals surface area contributed by atoms with Crippen LogP contribution >= 0.6 is 11.3 Å². The van der Waals surface area contributed by atoms with Gasteiger partial charge in [-0.15, -0.1) is 11.3 Å². The van der Waals surface area contributed by atoms with E-state index in [1.165, 1.54) is 0 Å². The van der Waals surface area contributed by atoms with Gasteiger partial charge in [0, 0.05) is 25.6 Å². The van der Waals surface area contributed by atoms with Crippen LogP contribution in [0.3, 0.4) is 0 Å². The second kappa shape index (κ2) is 5.04. The highest BCUT2D eigenvalue weighted by Crippen LogP contribution is 2.20. The van der Waals surface area contributed by atoms with Crippen molar-refractivity contribution in [2.75, 3.05) is 37.4 Å². The summed E-state index contributed by atoms with van der Waals surface area (Å²) in [6, 6.07) is 0. The van der Waals surface area contributed by atoms with Crippen molar-refractivity contribution in [3.05, 3.63) is 5.38 Å². The predicted molar refractivity (Wildman–Crippen MR) is 56.3 cm³/mol. The first kappa shape index (κ1) is 10.3. The predicted octanol–water partition coefficient (Wildman–Crippen LogP) is 1.20. The highest BCUT2D eigenvalue weighted by atomic mass is 32.1. The van der Waals surface area contributed by atoms with E-state index in [2.05, 4.69) is 16.8 Å². The van der Waals surface area contributed by atoms with Gasteiger partial charge in [-0.05, 0) is 6.92 Å². The molecule has 0 aliphatic rings. The number of likely N-dealkylation sites (N-methyl/N-ethyl adjacent to an activating group) is 1. The van der Waals surface area contributed by atoms with Crippen LogP contribution in [-0.2, 0) is 4.74 Å². The second-order valence-corrected chi connectivity index (χ2v) is 3.46. The van der Waals surface area contributed by atoms with Crippen molar-refractivity contribution >= 4 is 22.3 Å². The number of ether oxygens (including phenoxy) is 1. The molecule has 0 aliphatic carbocycles. The molecule has 1 aromatic rings. The molecule has 0 saturated carbocycles. The van der Waals surface area contributed by atoms with E-state index in [4.69, 9.17) is 10.5 Å². The highest BCUT2D eigenvalue weighted by Gasteiger charge is 2.07. The minimum Gasteiger partial charge on any atom is -0.383 e. The maximum absolute atomic E-state index is 5.54. The van der Waals surface area contributed by atoms with Crippen LogP contribution in [0.4, 0.5) is 10.9 Å². The van der Waals surface area contributed by atoms with E-state index >= 15 is 0 Å². The van der Waals surface area contributed by atoms with Crippen LogP contribution in [0, 0.1) is 0 Å². The molecule has 13 heavy (non-hydrogen) atoms. The van der Waals surface area contributed by atoms with Gasteiger partial charge in [0.25, 0.3) is 0 Å². The van der Waals surface area contributed by atoms with Crippen molar-refractivity contribution in [3.63, 3.8) is 0 Å². The Morgan fingerprint density at radius 3 is 2.92 bits per heavy atom. The topological polar surface area (TPSA) is 51.4 Å². The third-order valence-corrected chi connectivity index (χ3v) is 2.65. The van der Waals surface area contributed by atoms with Gasteiger partial charge in [-0.1, -0.05) is 0 Å². The number of methoxy groups -OCH3 is 1. The molecule has 5 heteroatoms. The first-order valence-corrected chi connectivity index (χ1v) is 5.10. The smallest absolute Gasteiger partial charge is 0.187 e. The van der Waals surface area contributed by atoms with E-state index in [1.54, 1.807) is 18.4 Å². The third kappa shape index (κ3) is 2.86. The second-order valence-electron chi connectivity index (χ2n) is 2.63. The summed E-state index contributed by atoms with van der Waals surface area (Å²) in [5, 5.41) is 2.82. The van der Waals surface area contributed by atoms with Gasteiger partial charge in [0.15, 0.2) is 5.13 Å². The summed E-state index contributed by atoms with van der Waals surface area (Å²) in [7, 11) is 1.70. The summed E-state index contributed by atoms with van der Waals surface area (Å²) in [6.07, 6.45) is 0. The van der Waals surface area contributed by atoms with Crippen molar-refractivity contribution in [2.45, 2.75) is 6.92 Å². The zero-order valence-corrected chi connectivity index (χ0v) is 8.80. The Kier molecular flexibility index (Phi) is 3.98. The fraction of sp³-hybridized carbons (Fsp3) is 0.625. The van der Waals surface area contributed by atoms with E-state index in [-0.39, 0.29) is 0 Å². The molecule has 1 heterocycles. The average molecular weight is 201 g/mol. The monoisotopic (exact) mass is 201 g/mol. The zero-order chi connectivity index (χ0) is 9.68. The molecule has 0 aliphatic heterocycles. The standard InChI is InChI=1S/C8H15N3OS/c1-3-11(4-5-12-2)8-10-7(9)6-13-8/h6H,3-5,9H2,1-2H3. The fourth-order valence-electron chi connectivity index (χ4n) is 1.01. The molecular formula is C8H15N3OS. The lowest BCUT2D eigenvalue weighted by Gasteiger charge is -2.18. The van der Waals surface area contributed by atoms with Gasteiger partial charge in [-0.25, -0.2) is 4.98 Å².